The molecule has 84 valence electrons. The van der Waals surface area contributed by atoms with E-state index in [1.807, 2.05) is 0 Å². The molecule has 1 aromatic rings. The van der Waals surface area contributed by atoms with Gasteiger partial charge in [-0.25, -0.2) is 0 Å². The number of hydrogen-bond acceptors (Lipinski definition) is 3. The number of pyridine rings is 1. The molecule has 0 aliphatic rings. The lowest BCUT2D eigenvalue weighted by molar-refractivity contribution is 0.139. The third kappa shape index (κ3) is 3.98. The molecule has 15 heavy (non-hydrogen) atoms. The van der Waals surface area contributed by atoms with Crippen LogP contribution in [0.15, 0.2) is 24.5 Å². The first-order chi connectivity index (χ1) is 7.11. The van der Waals surface area contributed by atoms with Crippen molar-refractivity contribution in [2.75, 3.05) is 0 Å². The molecule has 3 nitrogen and oxygen atoms in total. The molecule has 2 atom stereocenters. The Morgan fingerprint density at radius 3 is 2.40 bits per heavy atom. The Bertz CT molecular complexity index is 274. The number of aliphatic hydroxyl groups excluding tert-OH is 1. The summed E-state index contributed by atoms with van der Waals surface area (Å²) in [4.78, 5) is 3.91. The SMILES string of the molecule is CC(C)CCC(N)C(O)c1ccncc1. The van der Waals surface area contributed by atoms with Crippen LogP contribution in [-0.2, 0) is 0 Å². The molecule has 0 fully saturated rings. The number of nitrogens with zero attached hydrogens (tertiary/aromatic N) is 1. The molecule has 0 saturated carbocycles. The Labute approximate surface area is 91.3 Å². The predicted octanol–water partition coefficient (Wildman–Crippen LogP) is 1.88. The molecule has 0 amide bonds. The third-order valence-corrected chi connectivity index (χ3v) is 2.53. The first kappa shape index (κ1) is 12.1. The highest BCUT2D eigenvalue weighted by Crippen LogP contribution is 2.18. The fraction of sp³-hybridized carbons (Fsp3) is 0.583. The second-order valence-corrected chi connectivity index (χ2v) is 4.36. The molecule has 0 saturated heterocycles. The average molecular weight is 208 g/mol. The van der Waals surface area contributed by atoms with Gasteiger partial charge in [0.25, 0.3) is 0 Å². The van der Waals surface area contributed by atoms with Gasteiger partial charge < -0.3 is 10.8 Å². The van der Waals surface area contributed by atoms with Gasteiger partial charge in [-0.3, -0.25) is 4.98 Å². The van der Waals surface area contributed by atoms with Gasteiger partial charge in [-0.1, -0.05) is 13.8 Å². The molecule has 1 rings (SSSR count). The lowest BCUT2D eigenvalue weighted by Crippen LogP contribution is -2.28. The lowest BCUT2D eigenvalue weighted by Gasteiger charge is -2.19. The maximum atomic E-state index is 9.95. The molecule has 3 N–H and O–H groups in total. The first-order valence-electron chi connectivity index (χ1n) is 5.45. The van der Waals surface area contributed by atoms with Crippen molar-refractivity contribution in [3.05, 3.63) is 30.1 Å². The summed E-state index contributed by atoms with van der Waals surface area (Å²) in [5.74, 6) is 0.626. The monoisotopic (exact) mass is 208 g/mol. The maximum Gasteiger partial charge on any atom is 0.0941 e. The number of hydrogen-bond donors (Lipinski definition) is 2. The molecule has 0 aromatic carbocycles. The van der Waals surface area contributed by atoms with Gasteiger partial charge in [0.05, 0.1) is 6.10 Å². The van der Waals surface area contributed by atoms with E-state index in [4.69, 9.17) is 5.73 Å². The topological polar surface area (TPSA) is 59.1 Å². The summed E-state index contributed by atoms with van der Waals surface area (Å²) >= 11 is 0. The van der Waals surface area contributed by atoms with E-state index >= 15 is 0 Å². The molecule has 0 aliphatic heterocycles. The van der Waals surface area contributed by atoms with E-state index in [0.29, 0.717) is 5.92 Å². The Balaban J connectivity index is 2.49. The van der Waals surface area contributed by atoms with Crippen LogP contribution in [0, 0.1) is 5.92 Å². The van der Waals surface area contributed by atoms with E-state index in [9.17, 15) is 5.11 Å². The fourth-order valence-electron chi connectivity index (χ4n) is 1.49. The fourth-order valence-corrected chi connectivity index (χ4v) is 1.49. The van der Waals surface area contributed by atoms with Crippen molar-refractivity contribution in [3.8, 4) is 0 Å². The van der Waals surface area contributed by atoms with E-state index in [0.717, 1.165) is 18.4 Å². The van der Waals surface area contributed by atoms with Gasteiger partial charge in [0, 0.05) is 18.4 Å². The zero-order valence-electron chi connectivity index (χ0n) is 9.43. The van der Waals surface area contributed by atoms with E-state index in [-0.39, 0.29) is 6.04 Å². The molecule has 0 bridgehead atoms. The van der Waals surface area contributed by atoms with Crippen LogP contribution in [0.5, 0.6) is 0 Å². The van der Waals surface area contributed by atoms with Crippen LogP contribution in [0.4, 0.5) is 0 Å². The quantitative estimate of drug-likeness (QED) is 0.776. The first-order valence-corrected chi connectivity index (χ1v) is 5.45. The normalized spacial score (nSPS) is 15.3. The van der Waals surface area contributed by atoms with Gasteiger partial charge in [-0.2, -0.15) is 0 Å². The van der Waals surface area contributed by atoms with Gasteiger partial charge in [-0.15, -0.1) is 0 Å². The van der Waals surface area contributed by atoms with E-state index in [1.54, 1.807) is 24.5 Å². The van der Waals surface area contributed by atoms with Crippen LogP contribution in [0.1, 0.15) is 38.4 Å². The number of aliphatic hydroxyl groups is 1. The minimum Gasteiger partial charge on any atom is -0.387 e. The van der Waals surface area contributed by atoms with Crippen LogP contribution in [0.2, 0.25) is 0 Å². The van der Waals surface area contributed by atoms with Crippen LogP contribution >= 0.6 is 0 Å². The molecule has 3 heteroatoms. The second-order valence-electron chi connectivity index (χ2n) is 4.36. The largest absolute Gasteiger partial charge is 0.387 e. The van der Waals surface area contributed by atoms with Gasteiger partial charge in [0.2, 0.25) is 0 Å². The highest BCUT2D eigenvalue weighted by atomic mass is 16.3. The second kappa shape index (κ2) is 5.83. The highest BCUT2D eigenvalue weighted by molar-refractivity contribution is 5.14. The summed E-state index contributed by atoms with van der Waals surface area (Å²) in [5, 5.41) is 9.95. The predicted molar refractivity (Wildman–Crippen MR) is 61.2 cm³/mol. The Kier molecular flexibility index (Phi) is 4.72. The molecule has 0 aliphatic carbocycles. The summed E-state index contributed by atoms with van der Waals surface area (Å²) in [6, 6.07) is 3.43. The standard InChI is InChI=1S/C12H20N2O/c1-9(2)3-4-11(13)12(15)10-5-7-14-8-6-10/h5-9,11-12,15H,3-4,13H2,1-2H3. The number of aromatic nitrogens is 1. The minimum atomic E-state index is -0.577. The van der Waals surface area contributed by atoms with Crippen molar-refractivity contribution in [2.24, 2.45) is 11.7 Å². The molecular formula is C12H20N2O. The summed E-state index contributed by atoms with van der Waals surface area (Å²) < 4.78 is 0. The van der Waals surface area contributed by atoms with Crippen molar-refractivity contribution >= 4 is 0 Å². The zero-order valence-corrected chi connectivity index (χ0v) is 9.43. The molecule has 1 aromatic heterocycles. The van der Waals surface area contributed by atoms with Gasteiger partial charge in [0.1, 0.15) is 0 Å². The molecule has 0 spiro atoms. The van der Waals surface area contributed by atoms with E-state index in [2.05, 4.69) is 18.8 Å². The van der Waals surface area contributed by atoms with Gasteiger partial charge in [-0.05, 0) is 36.5 Å². The van der Waals surface area contributed by atoms with E-state index < -0.39 is 6.10 Å². The highest BCUT2D eigenvalue weighted by Gasteiger charge is 2.16. The number of rotatable bonds is 5. The maximum absolute atomic E-state index is 9.95. The van der Waals surface area contributed by atoms with Crippen molar-refractivity contribution in [2.45, 2.75) is 38.8 Å². The van der Waals surface area contributed by atoms with Crippen LogP contribution in [0.25, 0.3) is 0 Å². The summed E-state index contributed by atoms with van der Waals surface area (Å²) in [6.07, 6.45) is 4.66. The molecular weight excluding hydrogens is 188 g/mol. The number of nitrogens with two attached hydrogens (primary N) is 1. The summed E-state index contributed by atoms with van der Waals surface area (Å²) in [5.41, 5.74) is 6.78. The van der Waals surface area contributed by atoms with Crippen LogP contribution in [-0.4, -0.2) is 16.1 Å². The van der Waals surface area contributed by atoms with Gasteiger partial charge >= 0.3 is 0 Å². The van der Waals surface area contributed by atoms with Crippen molar-refractivity contribution < 1.29 is 5.11 Å². The average Bonchev–Trinajstić information content (AvgIpc) is 2.26. The Morgan fingerprint density at radius 1 is 1.27 bits per heavy atom. The van der Waals surface area contributed by atoms with Crippen LogP contribution in [0.3, 0.4) is 0 Å². The molecule has 0 radical (unpaired) electrons. The lowest BCUT2D eigenvalue weighted by atomic mass is 9.97. The van der Waals surface area contributed by atoms with E-state index in [1.165, 1.54) is 0 Å². The molecule has 2 unspecified atom stereocenters. The van der Waals surface area contributed by atoms with Crippen molar-refractivity contribution in [1.82, 2.24) is 4.98 Å². The van der Waals surface area contributed by atoms with Crippen LogP contribution < -0.4 is 5.73 Å². The third-order valence-electron chi connectivity index (χ3n) is 2.53. The summed E-state index contributed by atoms with van der Waals surface area (Å²) in [6.45, 7) is 4.32. The van der Waals surface area contributed by atoms with Gasteiger partial charge in [0.15, 0.2) is 0 Å². The van der Waals surface area contributed by atoms with Crippen molar-refractivity contribution in [3.63, 3.8) is 0 Å². The zero-order chi connectivity index (χ0) is 11.3. The molecule has 1 heterocycles. The Hall–Kier alpha value is -0.930. The minimum absolute atomic E-state index is 0.185. The summed E-state index contributed by atoms with van der Waals surface area (Å²) in [7, 11) is 0. The Morgan fingerprint density at radius 2 is 1.87 bits per heavy atom. The van der Waals surface area contributed by atoms with Crippen molar-refractivity contribution in [1.29, 1.82) is 0 Å². The smallest absolute Gasteiger partial charge is 0.0941 e.